The molecule has 0 aromatic rings. The summed E-state index contributed by atoms with van der Waals surface area (Å²) < 4.78 is 0. The number of hydrogen-bond acceptors (Lipinski definition) is 3. The summed E-state index contributed by atoms with van der Waals surface area (Å²) in [7, 11) is 1.52. The highest BCUT2D eigenvalue weighted by atomic mass is 16.4. The molecule has 1 saturated heterocycles. The molecule has 1 rings (SSSR count). The Morgan fingerprint density at radius 1 is 1.44 bits per heavy atom. The predicted octanol–water partition coefficient (Wildman–Crippen LogP) is -0.230. The van der Waals surface area contributed by atoms with Gasteiger partial charge in [0.15, 0.2) is 0 Å². The van der Waals surface area contributed by atoms with Gasteiger partial charge in [0.25, 0.3) is 0 Å². The van der Waals surface area contributed by atoms with E-state index in [2.05, 4.69) is 10.6 Å². The van der Waals surface area contributed by atoms with Crippen molar-refractivity contribution >= 4 is 17.9 Å². The van der Waals surface area contributed by atoms with Crippen LogP contribution in [0.5, 0.6) is 0 Å². The van der Waals surface area contributed by atoms with Gasteiger partial charge in [0.05, 0.1) is 0 Å². The number of likely N-dealkylation sites (N-methyl/N-ethyl adjacent to an activating group) is 1. The maximum absolute atomic E-state index is 11.9. The van der Waals surface area contributed by atoms with Crippen LogP contribution in [-0.4, -0.2) is 53.6 Å². The van der Waals surface area contributed by atoms with E-state index in [1.807, 2.05) is 0 Å². The minimum Gasteiger partial charge on any atom is -0.480 e. The van der Waals surface area contributed by atoms with Gasteiger partial charge in [-0.3, -0.25) is 4.79 Å². The van der Waals surface area contributed by atoms with Crippen molar-refractivity contribution in [1.82, 2.24) is 15.5 Å². The zero-order valence-electron chi connectivity index (χ0n) is 10.6. The summed E-state index contributed by atoms with van der Waals surface area (Å²) in [6, 6.07) is -1.90. The standard InChI is InChI=1S/C11H19N3O4/c1-3-7(10(16)17)13-11(18)14-6-4-5-8(14)9(15)12-2/h7-8H,3-6H2,1-2H3,(H,12,15)(H,13,18)(H,16,17)/t7-,8?/m0/s1. The Morgan fingerprint density at radius 3 is 2.61 bits per heavy atom. The smallest absolute Gasteiger partial charge is 0.326 e. The molecule has 1 heterocycles. The van der Waals surface area contributed by atoms with Gasteiger partial charge in [-0.1, -0.05) is 6.92 Å². The third kappa shape index (κ3) is 3.12. The van der Waals surface area contributed by atoms with E-state index in [-0.39, 0.29) is 5.91 Å². The fourth-order valence-electron chi connectivity index (χ4n) is 2.02. The van der Waals surface area contributed by atoms with Gasteiger partial charge in [-0.2, -0.15) is 0 Å². The van der Waals surface area contributed by atoms with Crippen molar-refractivity contribution in [3.8, 4) is 0 Å². The van der Waals surface area contributed by atoms with Crippen molar-refractivity contribution in [2.24, 2.45) is 0 Å². The number of nitrogens with one attached hydrogen (secondary N) is 2. The normalized spacial score (nSPS) is 20.3. The number of nitrogens with zero attached hydrogens (tertiary/aromatic N) is 1. The van der Waals surface area contributed by atoms with Crippen LogP contribution in [0.15, 0.2) is 0 Å². The van der Waals surface area contributed by atoms with Gasteiger partial charge in [-0.15, -0.1) is 0 Å². The Labute approximate surface area is 106 Å². The Balaban J connectivity index is 2.65. The number of carboxylic acid groups (broad SMARTS) is 1. The van der Waals surface area contributed by atoms with E-state index in [1.165, 1.54) is 11.9 Å². The molecule has 1 fully saturated rings. The highest BCUT2D eigenvalue weighted by Crippen LogP contribution is 2.17. The van der Waals surface area contributed by atoms with E-state index in [0.29, 0.717) is 19.4 Å². The number of urea groups is 1. The molecule has 0 aromatic heterocycles. The zero-order chi connectivity index (χ0) is 13.7. The molecule has 3 N–H and O–H groups in total. The summed E-state index contributed by atoms with van der Waals surface area (Å²) in [6.07, 6.45) is 1.66. The zero-order valence-corrected chi connectivity index (χ0v) is 10.6. The molecule has 0 saturated carbocycles. The number of likely N-dealkylation sites (tertiary alicyclic amines) is 1. The largest absolute Gasteiger partial charge is 0.480 e. The molecular formula is C11H19N3O4. The molecule has 0 bridgehead atoms. The number of carbonyl (C=O) groups is 3. The molecule has 7 nitrogen and oxygen atoms in total. The summed E-state index contributed by atoms with van der Waals surface area (Å²) in [4.78, 5) is 35.7. The molecule has 2 atom stereocenters. The van der Waals surface area contributed by atoms with E-state index in [9.17, 15) is 14.4 Å². The maximum atomic E-state index is 11.9. The lowest BCUT2D eigenvalue weighted by molar-refractivity contribution is -0.139. The van der Waals surface area contributed by atoms with Crippen LogP contribution in [0, 0.1) is 0 Å². The van der Waals surface area contributed by atoms with E-state index >= 15 is 0 Å². The van der Waals surface area contributed by atoms with Crippen LogP contribution >= 0.6 is 0 Å². The Kier molecular flexibility index (Phi) is 4.94. The molecule has 0 spiro atoms. The van der Waals surface area contributed by atoms with E-state index in [0.717, 1.165) is 6.42 Å². The third-order valence-electron chi connectivity index (χ3n) is 3.07. The first kappa shape index (κ1) is 14.3. The second kappa shape index (κ2) is 6.23. The van der Waals surface area contributed by atoms with Gasteiger partial charge in [0, 0.05) is 13.6 Å². The molecule has 18 heavy (non-hydrogen) atoms. The molecule has 1 aliphatic rings. The van der Waals surface area contributed by atoms with Crippen molar-refractivity contribution in [3.63, 3.8) is 0 Å². The number of rotatable bonds is 4. The molecule has 1 aliphatic heterocycles. The minimum atomic E-state index is -1.07. The number of amides is 3. The predicted molar refractivity (Wildman–Crippen MR) is 64.0 cm³/mol. The van der Waals surface area contributed by atoms with Crippen LogP contribution in [-0.2, 0) is 9.59 Å². The second-order valence-electron chi connectivity index (χ2n) is 4.21. The van der Waals surface area contributed by atoms with Crippen LogP contribution in [0.2, 0.25) is 0 Å². The third-order valence-corrected chi connectivity index (χ3v) is 3.07. The average molecular weight is 257 g/mol. The van der Waals surface area contributed by atoms with E-state index in [1.54, 1.807) is 6.92 Å². The van der Waals surface area contributed by atoms with Crippen molar-refractivity contribution in [2.45, 2.75) is 38.3 Å². The SMILES string of the molecule is CC[C@H](NC(=O)N1CCCC1C(=O)NC)C(=O)O. The van der Waals surface area contributed by atoms with Crippen LogP contribution < -0.4 is 10.6 Å². The molecule has 102 valence electrons. The van der Waals surface area contributed by atoms with Crippen molar-refractivity contribution < 1.29 is 19.5 Å². The average Bonchev–Trinajstić information content (AvgIpc) is 2.83. The number of aliphatic carboxylic acids is 1. The van der Waals surface area contributed by atoms with Crippen LogP contribution in [0.25, 0.3) is 0 Å². The Morgan fingerprint density at radius 2 is 2.11 bits per heavy atom. The van der Waals surface area contributed by atoms with E-state index in [4.69, 9.17) is 5.11 Å². The molecule has 3 amide bonds. The van der Waals surface area contributed by atoms with Gasteiger partial charge >= 0.3 is 12.0 Å². The molecule has 1 unspecified atom stereocenters. The molecule has 0 radical (unpaired) electrons. The fraction of sp³-hybridized carbons (Fsp3) is 0.727. The quantitative estimate of drug-likeness (QED) is 0.647. The maximum Gasteiger partial charge on any atom is 0.326 e. The van der Waals surface area contributed by atoms with Gasteiger partial charge < -0.3 is 20.6 Å². The van der Waals surface area contributed by atoms with Gasteiger partial charge in [-0.05, 0) is 19.3 Å². The first-order valence-electron chi connectivity index (χ1n) is 6.02. The number of carboxylic acids is 1. The monoisotopic (exact) mass is 257 g/mol. The molecule has 0 aliphatic carbocycles. The lowest BCUT2D eigenvalue weighted by Crippen LogP contribution is -2.52. The molecular weight excluding hydrogens is 238 g/mol. The summed E-state index contributed by atoms with van der Waals surface area (Å²) >= 11 is 0. The van der Waals surface area contributed by atoms with Crippen LogP contribution in [0.3, 0.4) is 0 Å². The van der Waals surface area contributed by atoms with Gasteiger partial charge in [0.1, 0.15) is 12.1 Å². The highest BCUT2D eigenvalue weighted by molar-refractivity contribution is 5.89. The first-order chi connectivity index (χ1) is 8.51. The summed E-state index contributed by atoms with van der Waals surface area (Å²) in [5.74, 6) is -1.28. The van der Waals surface area contributed by atoms with Gasteiger partial charge in [0.2, 0.25) is 5.91 Å². The summed E-state index contributed by atoms with van der Waals surface area (Å²) in [5.41, 5.74) is 0. The second-order valence-corrected chi connectivity index (χ2v) is 4.21. The summed E-state index contributed by atoms with van der Waals surface area (Å²) in [5, 5.41) is 13.8. The van der Waals surface area contributed by atoms with Crippen LogP contribution in [0.1, 0.15) is 26.2 Å². The van der Waals surface area contributed by atoms with Gasteiger partial charge in [-0.25, -0.2) is 9.59 Å². The molecule has 7 heteroatoms. The highest BCUT2D eigenvalue weighted by Gasteiger charge is 2.34. The summed E-state index contributed by atoms with van der Waals surface area (Å²) in [6.45, 7) is 2.15. The Bertz CT molecular complexity index is 345. The number of carbonyl (C=O) groups excluding carboxylic acids is 2. The topological polar surface area (TPSA) is 98.7 Å². The fourth-order valence-corrected chi connectivity index (χ4v) is 2.02. The van der Waals surface area contributed by atoms with E-state index < -0.39 is 24.1 Å². The molecule has 0 aromatic carbocycles. The lowest BCUT2D eigenvalue weighted by Gasteiger charge is -2.25. The lowest BCUT2D eigenvalue weighted by atomic mass is 10.2. The van der Waals surface area contributed by atoms with Crippen LogP contribution in [0.4, 0.5) is 4.79 Å². The van der Waals surface area contributed by atoms with Crippen molar-refractivity contribution in [1.29, 1.82) is 0 Å². The van der Waals surface area contributed by atoms with Crippen molar-refractivity contribution in [2.75, 3.05) is 13.6 Å². The first-order valence-corrected chi connectivity index (χ1v) is 6.02. The Hall–Kier alpha value is -1.79. The minimum absolute atomic E-state index is 0.217. The number of hydrogen-bond donors (Lipinski definition) is 3. The van der Waals surface area contributed by atoms with Crippen molar-refractivity contribution in [3.05, 3.63) is 0 Å².